The van der Waals surface area contributed by atoms with Gasteiger partial charge >= 0.3 is 0 Å². The Hall–Kier alpha value is -2.35. The van der Waals surface area contributed by atoms with Crippen LogP contribution < -0.4 is 4.72 Å². The van der Waals surface area contributed by atoms with E-state index in [0.717, 1.165) is 0 Å². The maximum absolute atomic E-state index is 12.3. The molecule has 0 atom stereocenters. The fourth-order valence-corrected chi connectivity index (χ4v) is 2.74. The van der Waals surface area contributed by atoms with E-state index in [0.29, 0.717) is 23.6 Å². The second kappa shape index (κ2) is 6.61. The predicted molar refractivity (Wildman–Crippen MR) is 83.8 cm³/mol. The molecule has 1 N–H and O–H groups in total. The first kappa shape index (κ1) is 16.0. The fraction of sp³-hybridized carbons (Fsp3) is 0.286. The minimum absolute atomic E-state index is 0.0623. The molecule has 2 rings (SSSR count). The van der Waals surface area contributed by atoms with Crippen molar-refractivity contribution in [3.8, 4) is 0 Å². The highest BCUT2D eigenvalue weighted by molar-refractivity contribution is 7.92. The molecule has 0 radical (unpaired) electrons. The summed E-state index contributed by atoms with van der Waals surface area (Å²) in [6, 6.07) is 7.89. The van der Waals surface area contributed by atoms with E-state index in [1.165, 1.54) is 12.1 Å². The molecule has 1 heterocycles. The maximum atomic E-state index is 12.3. The van der Waals surface area contributed by atoms with Crippen LogP contribution in [0.25, 0.3) is 0 Å². The molecular formula is C14H17N5O2S. The van der Waals surface area contributed by atoms with Gasteiger partial charge in [-0.1, -0.05) is 0 Å². The van der Waals surface area contributed by atoms with Crippen LogP contribution >= 0.6 is 0 Å². The number of aromatic nitrogens is 2. The van der Waals surface area contributed by atoms with E-state index in [2.05, 4.69) is 24.9 Å². The van der Waals surface area contributed by atoms with E-state index in [1.54, 1.807) is 32.0 Å². The number of rotatable bonds is 5. The van der Waals surface area contributed by atoms with E-state index < -0.39 is 10.0 Å². The molecule has 0 aliphatic rings. The molecule has 2 aromatic rings. The van der Waals surface area contributed by atoms with Crippen LogP contribution in [0.15, 0.2) is 45.5 Å². The van der Waals surface area contributed by atoms with Gasteiger partial charge in [-0.15, -0.1) is 0 Å². The largest absolute Gasteiger partial charge is 0.264 e. The third-order valence-electron chi connectivity index (χ3n) is 2.68. The summed E-state index contributed by atoms with van der Waals surface area (Å²) in [4.78, 5) is 8.25. The monoisotopic (exact) mass is 319 g/mol. The number of sulfonamides is 1. The molecule has 0 spiro atoms. The van der Waals surface area contributed by atoms with Crippen LogP contribution in [-0.4, -0.2) is 24.9 Å². The summed E-state index contributed by atoms with van der Waals surface area (Å²) in [6.45, 7) is 6.00. The Balaban J connectivity index is 2.24. The maximum Gasteiger partial charge on any atom is 0.264 e. The van der Waals surface area contributed by atoms with Crippen molar-refractivity contribution < 1.29 is 8.42 Å². The number of nitrogens with zero attached hydrogens (tertiary/aromatic N) is 4. The smallest absolute Gasteiger partial charge is 0.247 e. The predicted octanol–water partition coefficient (Wildman–Crippen LogP) is 3.00. The Labute approximate surface area is 129 Å². The van der Waals surface area contributed by atoms with Gasteiger partial charge in [0.25, 0.3) is 10.0 Å². The van der Waals surface area contributed by atoms with Gasteiger partial charge in [0.2, 0.25) is 5.95 Å². The lowest BCUT2D eigenvalue weighted by Crippen LogP contribution is -2.15. The number of anilines is 1. The summed E-state index contributed by atoms with van der Waals surface area (Å²) in [5, 5.41) is 7.80. The van der Waals surface area contributed by atoms with Crippen molar-refractivity contribution >= 4 is 21.7 Å². The van der Waals surface area contributed by atoms with Crippen LogP contribution in [-0.2, 0) is 10.0 Å². The van der Waals surface area contributed by atoms with Gasteiger partial charge < -0.3 is 0 Å². The number of azo groups is 1. The Morgan fingerprint density at radius 3 is 2.23 bits per heavy atom. The van der Waals surface area contributed by atoms with Crippen LogP contribution in [0.4, 0.5) is 11.6 Å². The highest BCUT2D eigenvalue weighted by Crippen LogP contribution is 2.18. The minimum Gasteiger partial charge on any atom is -0.247 e. The molecular weight excluding hydrogens is 302 g/mol. The van der Waals surface area contributed by atoms with Gasteiger partial charge in [0, 0.05) is 11.4 Å². The molecule has 0 amide bonds. The third-order valence-corrected chi connectivity index (χ3v) is 4.03. The first-order valence-corrected chi connectivity index (χ1v) is 8.21. The van der Waals surface area contributed by atoms with Gasteiger partial charge in [0.05, 0.1) is 17.1 Å². The van der Waals surface area contributed by atoms with Gasteiger partial charge in [-0.25, -0.2) is 23.1 Å². The number of nitrogens with one attached hydrogen (secondary N) is 1. The second-order valence-electron chi connectivity index (χ2n) is 4.63. The quantitative estimate of drug-likeness (QED) is 0.857. The summed E-state index contributed by atoms with van der Waals surface area (Å²) < 4.78 is 27.0. The van der Waals surface area contributed by atoms with Gasteiger partial charge in [0.15, 0.2) is 0 Å². The lowest BCUT2D eigenvalue weighted by atomic mass is 10.3. The molecule has 1 aromatic heterocycles. The van der Waals surface area contributed by atoms with Crippen molar-refractivity contribution in [1.82, 2.24) is 9.97 Å². The first-order chi connectivity index (χ1) is 10.4. The van der Waals surface area contributed by atoms with Crippen LogP contribution in [0.3, 0.4) is 0 Å². The van der Waals surface area contributed by atoms with Gasteiger partial charge in [-0.05, 0) is 51.1 Å². The summed E-state index contributed by atoms with van der Waals surface area (Å²) in [7, 11) is -3.73. The Bertz CT molecular complexity index is 765. The molecule has 0 saturated heterocycles. The minimum atomic E-state index is -3.73. The zero-order valence-electron chi connectivity index (χ0n) is 12.6. The molecule has 0 fully saturated rings. The highest BCUT2D eigenvalue weighted by atomic mass is 32.2. The zero-order chi connectivity index (χ0) is 16.2. The molecule has 0 bridgehead atoms. The Morgan fingerprint density at radius 2 is 1.68 bits per heavy atom. The van der Waals surface area contributed by atoms with E-state index in [4.69, 9.17) is 0 Å². The fourth-order valence-electron chi connectivity index (χ4n) is 1.80. The van der Waals surface area contributed by atoms with Crippen molar-refractivity contribution in [3.05, 3.63) is 41.7 Å². The highest BCUT2D eigenvalue weighted by Gasteiger charge is 2.16. The summed E-state index contributed by atoms with van der Waals surface area (Å²) in [5.41, 5.74) is 1.99. The van der Waals surface area contributed by atoms with Crippen molar-refractivity contribution in [3.63, 3.8) is 0 Å². The van der Waals surface area contributed by atoms with Crippen molar-refractivity contribution in [2.24, 2.45) is 10.2 Å². The number of aryl methyl sites for hydroxylation is 2. The Kier molecular flexibility index (Phi) is 4.81. The first-order valence-electron chi connectivity index (χ1n) is 6.73. The van der Waals surface area contributed by atoms with E-state index in [-0.39, 0.29) is 10.8 Å². The SMILES string of the molecule is CCN=Nc1ccc(S(=O)(=O)Nc2nc(C)cc(C)n2)cc1. The number of hydrogen-bond acceptors (Lipinski definition) is 6. The normalized spacial score (nSPS) is 11.8. The topological polar surface area (TPSA) is 96.7 Å². The average molecular weight is 319 g/mol. The Morgan fingerprint density at radius 1 is 1.09 bits per heavy atom. The van der Waals surface area contributed by atoms with Gasteiger partial charge in [-0.3, -0.25) is 0 Å². The summed E-state index contributed by atoms with van der Waals surface area (Å²) >= 11 is 0. The van der Waals surface area contributed by atoms with E-state index in [9.17, 15) is 8.42 Å². The van der Waals surface area contributed by atoms with Gasteiger partial charge in [-0.2, -0.15) is 10.2 Å². The molecule has 116 valence electrons. The molecule has 0 unspecified atom stereocenters. The molecule has 0 aliphatic carbocycles. The lowest BCUT2D eigenvalue weighted by Gasteiger charge is -2.08. The van der Waals surface area contributed by atoms with Gasteiger partial charge in [0.1, 0.15) is 0 Å². The second-order valence-corrected chi connectivity index (χ2v) is 6.31. The molecule has 0 saturated carbocycles. The molecule has 1 aromatic carbocycles. The van der Waals surface area contributed by atoms with Crippen LogP contribution in [0.5, 0.6) is 0 Å². The zero-order valence-corrected chi connectivity index (χ0v) is 13.4. The standard InChI is InChI=1S/C14H17N5O2S/c1-4-15-18-12-5-7-13(8-6-12)22(20,21)19-14-16-10(2)9-11(3)17-14/h5-9H,4H2,1-3H3,(H,16,17,19). The van der Waals surface area contributed by atoms with Crippen molar-refractivity contribution in [2.75, 3.05) is 11.3 Å². The molecule has 0 aliphatic heterocycles. The summed E-state index contributed by atoms with van der Waals surface area (Å²) in [5.74, 6) is 0.0623. The van der Waals surface area contributed by atoms with Crippen LogP contribution in [0.1, 0.15) is 18.3 Å². The summed E-state index contributed by atoms with van der Waals surface area (Å²) in [6.07, 6.45) is 0. The molecule has 7 nitrogen and oxygen atoms in total. The van der Waals surface area contributed by atoms with Crippen molar-refractivity contribution in [1.29, 1.82) is 0 Å². The van der Waals surface area contributed by atoms with E-state index >= 15 is 0 Å². The molecule has 8 heteroatoms. The average Bonchev–Trinajstić information content (AvgIpc) is 2.44. The van der Waals surface area contributed by atoms with Crippen LogP contribution in [0.2, 0.25) is 0 Å². The number of hydrogen-bond donors (Lipinski definition) is 1. The molecule has 22 heavy (non-hydrogen) atoms. The van der Waals surface area contributed by atoms with E-state index in [1.807, 2.05) is 6.92 Å². The van der Waals surface area contributed by atoms with Crippen molar-refractivity contribution in [2.45, 2.75) is 25.7 Å². The lowest BCUT2D eigenvalue weighted by molar-refractivity contribution is 0.601. The third kappa shape index (κ3) is 4.08. The number of benzene rings is 1. The van der Waals surface area contributed by atoms with Crippen LogP contribution in [0, 0.1) is 13.8 Å².